The molecule has 7 nitrogen and oxygen atoms in total. The Bertz CT molecular complexity index is 920. The summed E-state index contributed by atoms with van der Waals surface area (Å²) >= 11 is 1.64. The van der Waals surface area contributed by atoms with Crippen molar-refractivity contribution >= 4 is 16.3 Å². The van der Waals surface area contributed by atoms with Crippen LogP contribution in [0.2, 0.25) is 0 Å². The Labute approximate surface area is 134 Å². The standard InChI is InChI=1S/C14H13FN6OS/c1-9-6-20-8-11(17-14(20)23-9)4-12-18-13(19-22-12)10-5-16-21(7-10)3-2-15/h5-8H,2-4H2,1H3. The van der Waals surface area contributed by atoms with Crippen LogP contribution in [0.1, 0.15) is 16.5 Å². The first-order chi connectivity index (χ1) is 11.2. The van der Waals surface area contributed by atoms with Gasteiger partial charge in [-0.15, -0.1) is 11.3 Å². The minimum absolute atomic E-state index is 0.218. The second-order valence-corrected chi connectivity index (χ2v) is 6.35. The normalized spacial score (nSPS) is 11.6. The molecule has 0 amide bonds. The van der Waals surface area contributed by atoms with Gasteiger partial charge in [0, 0.05) is 23.5 Å². The van der Waals surface area contributed by atoms with Crippen LogP contribution in [0.4, 0.5) is 4.39 Å². The summed E-state index contributed by atoms with van der Waals surface area (Å²) in [6.07, 6.45) is 7.76. The molecular weight excluding hydrogens is 319 g/mol. The first-order valence-electron chi connectivity index (χ1n) is 7.06. The molecule has 4 aromatic rings. The smallest absolute Gasteiger partial charge is 0.233 e. The second-order valence-electron chi connectivity index (χ2n) is 5.13. The first kappa shape index (κ1) is 14.1. The number of alkyl halides is 1. The number of rotatable bonds is 5. The highest BCUT2D eigenvalue weighted by molar-refractivity contribution is 7.16. The molecule has 0 saturated carbocycles. The summed E-state index contributed by atoms with van der Waals surface area (Å²) in [5.74, 6) is 0.933. The summed E-state index contributed by atoms with van der Waals surface area (Å²) in [6.45, 7) is 1.80. The van der Waals surface area contributed by atoms with Gasteiger partial charge in [-0.05, 0) is 6.92 Å². The molecule has 4 aromatic heterocycles. The van der Waals surface area contributed by atoms with Crippen LogP contribution in [0.25, 0.3) is 16.3 Å². The fourth-order valence-corrected chi connectivity index (χ4v) is 3.16. The lowest BCUT2D eigenvalue weighted by Gasteiger charge is -1.92. The van der Waals surface area contributed by atoms with E-state index in [9.17, 15) is 4.39 Å². The van der Waals surface area contributed by atoms with Gasteiger partial charge in [-0.2, -0.15) is 10.1 Å². The Kier molecular flexibility index (Phi) is 3.41. The lowest BCUT2D eigenvalue weighted by molar-refractivity contribution is 0.385. The van der Waals surface area contributed by atoms with E-state index in [1.807, 2.05) is 23.7 Å². The minimum Gasteiger partial charge on any atom is -0.339 e. The number of halogens is 1. The largest absolute Gasteiger partial charge is 0.339 e. The number of aryl methyl sites for hydroxylation is 2. The van der Waals surface area contributed by atoms with Crippen LogP contribution in [-0.4, -0.2) is 36.0 Å². The number of hydrogen-bond acceptors (Lipinski definition) is 6. The van der Waals surface area contributed by atoms with E-state index in [1.165, 1.54) is 9.56 Å². The average Bonchev–Trinajstić information content (AvgIpc) is 3.23. The number of hydrogen-bond donors (Lipinski definition) is 0. The molecule has 23 heavy (non-hydrogen) atoms. The minimum atomic E-state index is -0.463. The maximum Gasteiger partial charge on any atom is 0.233 e. The molecule has 4 heterocycles. The van der Waals surface area contributed by atoms with Gasteiger partial charge in [0.25, 0.3) is 0 Å². The molecule has 0 aliphatic heterocycles. The third-order valence-corrected chi connectivity index (χ3v) is 4.24. The molecule has 0 fully saturated rings. The Balaban J connectivity index is 1.53. The van der Waals surface area contributed by atoms with Crippen molar-refractivity contribution in [1.29, 1.82) is 0 Å². The Morgan fingerprint density at radius 2 is 2.17 bits per heavy atom. The van der Waals surface area contributed by atoms with Gasteiger partial charge in [-0.3, -0.25) is 9.08 Å². The van der Waals surface area contributed by atoms with Crippen molar-refractivity contribution in [3.05, 3.63) is 41.2 Å². The molecule has 0 N–H and O–H groups in total. The van der Waals surface area contributed by atoms with E-state index < -0.39 is 6.67 Å². The van der Waals surface area contributed by atoms with Crippen molar-refractivity contribution in [2.45, 2.75) is 19.9 Å². The van der Waals surface area contributed by atoms with E-state index >= 15 is 0 Å². The van der Waals surface area contributed by atoms with Crippen LogP contribution in [-0.2, 0) is 13.0 Å². The lowest BCUT2D eigenvalue weighted by Crippen LogP contribution is -1.98. The highest BCUT2D eigenvalue weighted by Crippen LogP contribution is 2.19. The maximum atomic E-state index is 12.3. The Hall–Kier alpha value is -2.55. The molecule has 118 valence electrons. The molecule has 9 heteroatoms. The van der Waals surface area contributed by atoms with Crippen molar-refractivity contribution < 1.29 is 8.91 Å². The Morgan fingerprint density at radius 1 is 1.26 bits per heavy atom. The van der Waals surface area contributed by atoms with Gasteiger partial charge >= 0.3 is 0 Å². The summed E-state index contributed by atoms with van der Waals surface area (Å²) in [6, 6.07) is 0. The number of thiazole rings is 1. The third kappa shape index (κ3) is 2.74. The van der Waals surface area contributed by atoms with Crippen LogP contribution in [0.15, 0.2) is 29.3 Å². The summed E-state index contributed by atoms with van der Waals surface area (Å²) < 4.78 is 21.1. The van der Waals surface area contributed by atoms with E-state index in [2.05, 4.69) is 20.2 Å². The number of imidazole rings is 1. The molecule has 0 radical (unpaired) electrons. The average molecular weight is 332 g/mol. The van der Waals surface area contributed by atoms with Crippen LogP contribution >= 0.6 is 11.3 Å². The first-order valence-corrected chi connectivity index (χ1v) is 7.88. The summed E-state index contributed by atoms with van der Waals surface area (Å²) in [4.78, 5) is 11.0. The van der Waals surface area contributed by atoms with Crippen molar-refractivity contribution in [3.63, 3.8) is 0 Å². The van der Waals surface area contributed by atoms with Crippen LogP contribution < -0.4 is 0 Å². The molecule has 0 aliphatic carbocycles. The van der Waals surface area contributed by atoms with Gasteiger partial charge in [0.05, 0.1) is 30.4 Å². The number of fused-ring (bicyclic) bond motifs is 1. The molecule has 0 atom stereocenters. The predicted molar refractivity (Wildman–Crippen MR) is 82.1 cm³/mol. The van der Waals surface area contributed by atoms with Crippen molar-refractivity contribution in [2.75, 3.05) is 6.67 Å². The monoisotopic (exact) mass is 332 g/mol. The fraction of sp³-hybridized carbons (Fsp3) is 0.286. The van der Waals surface area contributed by atoms with Crippen LogP contribution in [0.3, 0.4) is 0 Å². The van der Waals surface area contributed by atoms with Crippen LogP contribution in [0, 0.1) is 6.92 Å². The summed E-state index contributed by atoms with van der Waals surface area (Å²) in [5, 5.41) is 7.99. The second kappa shape index (κ2) is 5.58. The van der Waals surface area contributed by atoms with Crippen molar-refractivity contribution in [3.8, 4) is 11.4 Å². The van der Waals surface area contributed by atoms with Gasteiger partial charge < -0.3 is 4.52 Å². The zero-order valence-electron chi connectivity index (χ0n) is 12.3. The van der Waals surface area contributed by atoms with Gasteiger partial charge in [0.1, 0.15) is 6.67 Å². The SMILES string of the molecule is Cc1cn2cc(Cc3nc(-c4cnn(CCF)c4)no3)nc2s1. The van der Waals surface area contributed by atoms with E-state index in [-0.39, 0.29) is 6.54 Å². The summed E-state index contributed by atoms with van der Waals surface area (Å²) in [5.41, 5.74) is 1.58. The van der Waals surface area contributed by atoms with E-state index in [4.69, 9.17) is 4.52 Å². The lowest BCUT2D eigenvalue weighted by atomic mass is 10.3. The molecule has 0 spiro atoms. The van der Waals surface area contributed by atoms with Gasteiger partial charge in [0.2, 0.25) is 11.7 Å². The molecule has 0 unspecified atom stereocenters. The topological polar surface area (TPSA) is 74.0 Å². The number of aromatic nitrogens is 6. The quantitative estimate of drug-likeness (QED) is 0.561. The van der Waals surface area contributed by atoms with Gasteiger partial charge in [-0.25, -0.2) is 9.37 Å². The molecule has 0 aliphatic rings. The molecular formula is C14H13FN6OS. The molecule has 0 bridgehead atoms. The number of nitrogens with zero attached hydrogens (tertiary/aromatic N) is 6. The van der Waals surface area contributed by atoms with E-state index in [0.717, 1.165) is 10.7 Å². The fourth-order valence-electron chi connectivity index (χ4n) is 2.33. The zero-order valence-corrected chi connectivity index (χ0v) is 13.1. The predicted octanol–water partition coefficient (Wildman–Crippen LogP) is 2.51. The highest BCUT2D eigenvalue weighted by Gasteiger charge is 2.13. The maximum absolute atomic E-state index is 12.3. The molecule has 0 aromatic carbocycles. The van der Waals surface area contributed by atoms with Crippen LogP contribution in [0.5, 0.6) is 0 Å². The van der Waals surface area contributed by atoms with E-state index in [0.29, 0.717) is 23.7 Å². The van der Waals surface area contributed by atoms with Gasteiger partial charge in [-0.1, -0.05) is 5.16 Å². The van der Waals surface area contributed by atoms with E-state index in [1.54, 1.807) is 23.7 Å². The molecule has 4 rings (SSSR count). The highest BCUT2D eigenvalue weighted by atomic mass is 32.1. The van der Waals surface area contributed by atoms with Crippen molar-refractivity contribution in [1.82, 2.24) is 29.3 Å². The van der Waals surface area contributed by atoms with Gasteiger partial charge in [0.15, 0.2) is 4.96 Å². The van der Waals surface area contributed by atoms with Crippen molar-refractivity contribution in [2.24, 2.45) is 0 Å². The molecule has 0 saturated heterocycles. The summed E-state index contributed by atoms with van der Waals surface area (Å²) in [7, 11) is 0. The Morgan fingerprint density at radius 3 is 3.00 bits per heavy atom. The third-order valence-electron chi connectivity index (χ3n) is 3.33. The zero-order chi connectivity index (χ0) is 15.8.